The Bertz CT molecular complexity index is 700. The van der Waals surface area contributed by atoms with Gasteiger partial charge in [0, 0.05) is 30.6 Å². The minimum atomic E-state index is -0.0971. The van der Waals surface area contributed by atoms with Crippen LogP contribution in [0.4, 0.5) is 5.95 Å². The molecule has 114 valence electrons. The van der Waals surface area contributed by atoms with Crippen LogP contribution in [0.3, 0.4) is 0 Å². The summed E-state index contributed by atoms with van der Waals surface area (Å²) in [5, 5.41) is 0. The van der Waals surface area contributed by atoms with Crippen LogP contribution in [0.1, 0.15) is 35.5 Å². The molecule has 1 aliphatic heterocycles. The lowest BCUT2D eigenvalue weighted by atomic mass is 10.2. The Morgan fingerprint density at radius 2 is 2.09 bits per heavy atom. The first-order chi connectivity index (χ1) is 10.5. The van der Waals surface area contributed by atoms with E-state index in [9.17, 15) is 4.79 Å². The van der Waals surface area contributed by atoms with Crippen LogP contribution in [0.5, 0.6) is 5.88 Å². The number of fused-ring (bicyclic) bond motifs is 1. The number of carbonyl (C=O) groups excluding carboxylic acids is 1. The highest BCUT2D eigenvalue weighted by Crippen LogP contribution is 2.23. The summed E-state index contributed by atoms with van der Waals surface area (Å²) in [6.07, 6.45) is 3.25. The first-order valence-electron chi connectivity index (χ1n) is 7.05. The van der Waals surface area contributed by atoms with Gasteiger partial charge >= 0.3 is 0 Å². The third kappa shape index (κ3) is 2.83. The molecule has 0 bridgehead atoms. The average Bonchev–Trinajstić information content (AvgIpc) is 2.89. The quantitative estimate of drug-likeness (QED) is 0.920. The lowest BCUT2D eigenvalue weighted by Gasteiger charge is -2.15. The van der Waals surface area contributed by atoms with E-state index in [-0.39, 0.29) is 18.0 Å². The Labute approximate surface area is 128 Å². The van der Waals surface area contributed by atoms with Crippen LogP contribution in [0.25, 0.3) is 0 Å². The second-order valence-corrected chi connectivity index (χ2v) is 5.41. The molecule has 2 aromatic heterocycles. The van der Waals surface area contributed by atoms with Gasteiger partial charge < -0.3 is 15.4 Å². The minimum absolute atomic E-state index is 0.0474. The van der Waals surface area contributed by atoms with Gasteiger partial charge in [0.15, 0.2) is 0 Å². The molecule has 0 unspecified atom stereocenters. The zero-order valence-corrected chi connectivity index (χ0v) is 12.5. The molecular formula is C15H17N5O2. The molecule has 2 aromatic rings. The molecular weight excluding hydrogens is 282 g/mol. The number of aromatic nitrogens is 3. The number of ether oxygens (including phenoxy) is 1. The zero-order valence-electron chi connectivity index (χ0n) is 12.5. The minimum Gasteiger partial charge on any atom is -0.475 e. The van der Waals surface area contributed by atoms with E-state index in [1.54, 1.807) is 23.2 Å². The molecule has 0 saturated carbocycles. The Morgan fingerprint density at radius 1 is 1.27 bits per heavy atom. The Balaban J connectivity index is 1.73. The summed E-state index contributed by atoms with van der Waals surface area (Å²) >= 11 is 0. The molecule has 7 heteroatoms. The lowest BCUT2D eigenvalue weighted by molar-refractivity contribution is 0.0750. The van der Waals surface area contributed by atoms with E-state index in [1.165, 1.54) is 6.20 Å². The summed E-state index contributed by atoms with van der Waals surface area (Å²) in [6, 6.07) is 3.42. The van der Waals surface area contributed by atoms with Crippen molar-refractivity contribution in [3.8, 4) is 5.88 Å². The molecule has 3 heterocycles. The van der Waals surface area contributed by atoms with E-state index in [1.807, 2.05) is 13.8 Å². The van der Waals surface area contributed by atoms with Gasteiger partial charge in [-0.15, -0.1) is 0 Å². The van der Waals surface area contributed by atoms with Gasteiger partial charge in [0.25, 0.3) is 5.91 Å². The van der Waals surface area contributed by atoms with Crippen LogP contribution < -0.4 is 10.5 Å². The van der Waals surface area contributed by atoms with Gasteiger partial charge in [-0.05, 0) is 19.9 Å². The molecule has 0 spiro atoms. The summed E-state index contributed by atoms with van der Waals surface area (Å²) in [4.78, 5) is 26.5. The van der Waals surface area contributed by atoms with Crippen LogP contribution in [0, 0.1) is 0 Å². The molecule has 0 aliphatic carbocycles. The first kappa shape index (κ1) is 14.2. The SMILES string of the molecule is CC(C)Oc1ccc(C(=O)N2Cc3cnc(N)nc3C2)cn1. The highest BCUT2D eigenvalue weighted by Gasteiger charge is 2.26. The molecule has 7 nitrogen and oxygen atoms in total. The summed E-state index contributed by atoms with van der Waals surface area (Å²) < 4.78 is 5.47. The number of hydrogen-bond donors (Lipinski definition) is 1. The fraction of sp³-hybridized carbons (Fsp3) is 0.333. The van der Waals surface area contributed by atoms with Gasteiger partial charge in [-0.1, -0.05) is 0 Å². The number of amides is 1. The van der Waals surface area contributed by atoms with Crippen LogP contribution in [0.15, 0.2) is 24.5 Å². The molecule has 0 atom stereocenters. The number of rotatable bonds is 3. The molecule has 3 rings (SSSR count). The number of nitrogen functional groups attached to an aromatic ring is 1. The predicted molar refractivity (Wildman–Crippen MR) is 80.0 cm³/mol. The van der Waals surface area contributed by atoms with Crippen molar-refractivity contribution in [2.45, 2.75) is 33.0 Å². The summed E-state index contributed by atoms with van der Waals surface area (Å²) in [5.74, 6) is 0.639. The predicted octanol–water partition coefficient (Wildman–Crippen LogP) is 1.40. The fourth-order valence-corrected chi connectivity index (χ4v) is 2.31. The molecule has 22 heavy (non-hydrogen) atoms. The maximum atomic E-state index is 12.5. The van der Waals surface area contributed by atoms with E-state index < -0.39 is 0 Å². The summed E-state index contributed by atoms with van der Waals surface area (Å²) in [7, 11) is 0. The molecule has 1 amide bonds. The van der Waals surface area contributed by atoms with E-state index >= 15 is 0 Å². The molecule has 0 radical (unpaired) electrons. The number of carbonyl (C=O) groups is 1. The highest BCUT2D eigenvalue weighted by atomic mass is 16.5. The van der Waals surface area contributed by atoms with Crippen LogP contribution >= 0.6 is 0 Å². The monoisotopic (exact) mass is 299 g/mol. The first-order valence-corrected chi connectivity index (χ1v) is 7.05. The number of hydrogen-bond acceptors (Lipinski definition) is 6. The second kappa shape index (κ2) is 5.59. The number of nitrogens with zero attached hydrogens (tertiary/aromatic N) is 4. The van der Waals surface area contributed by atoms with Crippen molar-refractivity contribution in [2.24, 2.45) is 0 Å². The third-order valence-electron chi connectivity index (χ3n) is 3.30. The Kier molecular flexibility index (Phi) is 3.62. The smallest absolute Gasteiger partial charge is 0.256 e. The van der Waals surface area contributed by atoms with Crippen LogP contribution in [0.2, 0.25) is 0 Å². The van der Waals surface area contributed by atoms with Gasteiger partial charge in [0.05, 0.1) is 23.9 Å². The van der Waals surface area contributed by atoms with Gasteiger partial charge in [-0.3, -0.25) is 4.79 Å². The van der Waals surface area contributed by atoms with E-state index in [0.717, 1.165) is 11.3 Å². The number of anilines is 1. The molecule has 1 aliphatic rings. The van der Waals surface area contributed by atoms with Crippen LogP contribution in [-0.4, -0.2) is 31.9 Å². The number of pyridine rings is 1. The average molecular weight is 299 g/mol. The topological polar surface area (TPSA) is 94.2 Å². The van der Waals surface area contributed by atoms with Crippen molar-refractivity contribution >= 4 is 11.9 Å². The van der Waals surface area contributed by atoms with Crippen molar-refractivity contribution in [3.63, 3.8) is 0 Å². The van der Waals surface area contributed by atoms with Crippen molar-refractivity contribution in [1.29, 1.82) is 0 Å². The van der Waals surface area contributed by atoms with Gasteiger partial charge in [-0.25, -0.2) is 15.0 Å². The lowest BCUT2D eigenvalue weighted by Crippen LogP contribution is -2.25. The van der Waals surface area contributed by atoms with Crippen molar-refractivity contribution in [3.05, 3.63) is 41.3 Å². The van der Waals surface area contributed by atoms with E-state index in [4.69, 9.17) is 10.5 Å². The maximum absolute atomic E-state index is 12.5. The van der Waals surface area contributed by atoms with Crippen molar-refractivity contribution in [2.75, 3.05) is 5.73 Å². The van der Waals surface area contributed by atoms with Crippen LogP contribution in [-0.2, 0) is 13.1 Å². The second-order valence-electron chi connectivity index (χ2n) is 5.41. The molecule has 2 N–H and O–H groups in total. The standard InChI is InChI=1S/C15H17N5O2/c1-9(2)22-13-4-3-10(5-17-13)14(21)20-7-11-6-18-15(16)19-12(11)8-20/h3-6,9H,7-8H2,1-2H3,(H2,16,18,19). The third-order valence-corrected chi connectivity index (χ3v) is 3.30. The van der Waals surface area contributed by atoms with Crippen molar-refractivity contribution in [1.82, 2.24) is 19.9 Å². The zero-order chi connectivity index (χ0) is 15.7. The molecule has 0 aromatic carbocycles. The van der Waals surface area contributed by atoms with E-state index in [0.29, 0.717) is 24.5 Å². The van der Waals surface area contributed by atoms with Crippen molar-refractivity contribution < 1.29 is 9.53 Å². The molecule has 0 saturated heterocycles. The van der Waals surface area contributed by atoms with E-state index in [2.05, 4.69) is 15.0 Å². The fourth-order valence-electron chi connectivity index (χ4n) is 2.31. The number of nitrogens with two attached hydrogens (primary N) is 1. The highest BCUT2D eigenvalue weighted by molar-refractivity contribution is 5.94. The summed E-state index contributed by atoms with van der Waals surface area (Å²) in [6.45, 7) is 4.77. The van der Waals surface area contributed by atoms with Gasteiger partial charge in [0.2, 0.25) is 11.8 Å². The molecule has 0 fully saturated rings. The van der Waals surface area contributed by atoms with Gasteiger partial charge in [-0.2, -0.15) is 0 Å². The normalized spacial score (nSPS) is 13.3. The van der Waals surface area contributed by atoms with Gasteiger partial charge in [0.1, 0.15) is 0 Å². The largest absolute Gasteiger partial charge is 0.475 e. The Hall–Kier alpha value is -2.70. The summed E-state index contributed by atoms with van der Waals surface area (Å²) in [5.41, 5.74) is 7.81. The Morgan fingerprint density at radius 3 is 2.77 bits per heavy atom. The maximum Gasteiger partial charge on any atom is 0.256 e.